The van der Waals surface area contributed by atoms with Gasteiger partial charge in [0.2, 0.25) is 10.0 Å². The zero-order valence-electron chi connectivity index (χ0n) is 16.7. The number of piperidine rings is 1. The van der Waals surface area contributed by atoms with E-state index >= 15 is 0 Å². The summed E-state index contributed by atoms with van der Waals surface area (Å²) in [6.45, 7) is 3.50. The number of hydrogen-bond donors (Lipinski definition) is 2. The highest BCUT2D eigenvalue weighted by molar-refractivity contribution is 7.89. The molecule has 0 unspecified atom stereocenters. The van der Waals surface area contributed by atoms with Crippen LogP contribution in [0, 0.1) is 12.7 Å². The van der Waals surface area contributed by atoms with Gasteiger partial charge in [0.25, 0.3) is 0 Å². The monoisotopic (exact) mass is 419 g/mol. The molecule has 0 saturated carbocycles. The van der Waals surface area contributed by atoms with Crippen molar-refractivity contribution < 1.29 is 12.8 Å². The normalized spacial score (nSPS) is 20.3. The van der Waals surface area contributed by atoms with Gasteiger partial charge in [-0.15, -0.1) is 0 Å². The molecule has 1 aromatic carbocycles. The molecule has 2 aromatic rings. The molecule has 0 spiro atoms. The van der Waals surface area contributed by atoms with Gasteiger partial charge in [0.1, 0.15) is 17.5 Å². The zero-order chi connectivity index (χ0) is 20.6. The van der Waals surface area contributed by atoms with Crippen LogP contribution in [0.15, 0.2) is 23.1 Å². The summed E-state index contributed by atoms with van der Waals surface area (Å²) < 4.78 is 42.2. The molecule has 2 aliphatic heterocycles. The second kappa shape index (κ2) is 7.97. The summed E-state index contributed by atoms with van der Waals surface area (Å²) in [6, 6.07) is 3.61. The number of anilines is 1. The molecule has 0 amide bonds. The Morgan fingerprint density at radius 3 is 2.86 bits per heavy atom. The van der Waals surface area contributed by atoms with Crippen molar-refractivity contribution in [3.8, 4) is 0 Å². The van der Waals surface area contributed by atoms with E-state index in [1.165, 1.54) is 16.4 Å². The van der Waals surface area contributed by atoms with Crippen LogP contribution >= 0.6 is 0 Å². The fourth-order valence-corrected chi connectivity index (χ4v) is 5.72. The van der Waals surface area contributed by atoms with Crippen molar-refractivity contribution in [2.45, 2.75) is 50.1 Å². The fourth-order valence-electron chi connectivity index (χ4n) is 4.05. The van der Waals surface area contributed by atoms with E-state index in [0.717, 1.165) is 48.9 Å². The van der Waals surface area contributed by atoms with E-state index in [1.807, 2.05) is 7.05 Å². The molecule has 1 atom stereocenters. The summed E-state index contributed by atoms with van der Waals surface area (Å²) in [5, 5.41) is 6.45. The Balaban J connectivity index is 1.75. The lowest BCUT2D eigenvalue weighted by Gasteiger charge is -2.34. The maximum atomic E-state index is 14.1. The molecule has 0 radical (unpaired) electrons. The van der Waals surface area contributed by atoms with E-state index in [0.29, 0.717) is 30.9 Å². The Bertz CT molecular complexity index is 1010. The number of aryl methyl sites for hydroxylation is 1. The average molecular weight is 420 g/mol. The minimum absolute atomic E-state index is 0.0269. The van der Waals surface area contributed by atoms with Crippen molar-refractivity contribution in [2.24, 2.45) is 0 Å². The van der Waals surface area contributed by atoms with Crippen molar-refractivity contribution in [1.82, 2.24) is 19.6 Å². The minimum atomic E-state index is -3.86. The third kappa shape index (κ3) is 3.74. The Labute approximate surface area is 170 Å². The highest BCUT2D eigenvalue weighted by atomic mass is 32.2. The predicted molar refractivity (Wildman–Crippen MR) is 109 cm³/mol. The van der Waals surface area contributed by atoms with Gasteiger partial charge in [0, 0.05) is 25.7 Å². The summed E-state index contributed by atoms with van der Waals surface area (Å²) in [5.41, 5.74) is 2.42. The highest BCUT2D eigenvalue weighted by Crippen LogP contribution is 2.35. The molecule has 2 aliphatic rings. The number of nitrogens with one attached hydrogen (secondary N) is 2. The first-order valence-corrected chi connectivity index (χ1v) is 11.4. The Morgan fingerprint density at radius 1 is 1.28 bits per heavy atom. The lowest BCUT2D eigenvalue weighted by atomic mass is 10.0. The molecular formula is C20H26FN5O2S. The largest absolute Gasteiger partial charge is 0.373 e. The predicted octanol–water partition coefficient (Wildman–Crippen LogP) is 2.53. The van der Waals surface area contributed by atoms with Gasteiger partial charge < -0.3 is 10.6 Å². The number of fused-ring (bicyclic) bond motifs is 1. The van der Waals surface area contributed by atoms with Crippen LogP contribution in [0.3, 0.4) is 0 Å². The molecule has 1 aromatic heterocycles. The lowest BCUT2D eigenvalue weighted by Crippen LogP contribution is -2.40. The molecule has 0 bridgehead atoms. The van der Waals surface area contributed by atoms with Crippen molar-refractivity contribution >= 4 is 15.8 Å². The Morgan fingerprint density at radius 2 is 2.10 bits per heavy atom. The highest BCUT2D eigenvalue weighted by Gasteiger charge is 2.37. The van der Waals surface area contributed by atoms with Gasteiger partial charge in [-0.05, 0) is 50.4 Å². The van der Waals surface area contributed by atoms with Crippen LogP contribution in [0.4, 0.5) is 10.2 Å². The van der Waals surface area contributed by atoms with Gasteiger partial charge in [-0.25, -0.2) is 22.8 Å². The topological polar surface area (TPSA) is 87.2 Å². The van der Waals surface area contributed by atoms with E-state index in [-0.39, 0.29) is 4.90 Å². The molecule has 7 nitrogen and oxygen atoms in total. The summed E-state index contributed by atoms with van der Waals surface area (Å²) >= 11 is 0. The van der Waals surface area contributed by atoms with Crippen LogP contribution in [0.1, 0.15) is 47.9 Å². The first kappa shape index (κ1) is 20.2. The number of rotatable bonds is 4. The standard InChI is InChI=1S/C20H26FN5O2S/c1-13-6-7-14(11-16(13)21)29(27,28)26-10-4-3-5-18(26)20-24-17-12-23-9-8-15(17)19(22-2)25-20/h6-7,11,18,23H,3-5,8-10,12H2,1-2H3,(H,22,24,25)/t18-/m1/s1. The second-order valence-corrected chi connectivity index (χ2v) is 9.46. The number of sulfonamides is 1. The van der Waals surface area contributed by atoms with E-state index in [2.05, 4.69) is 15.6 Å². The third-order valence-corrected chi connectivity index (χ3v) is 7.60. The van der Waals surface area contributed by atoms with Crippen molar-refractivity contribution in [2.75, 3.05) is 25.5 Å². The summed E-state index contributed by atoms with van der Waals surface area (Å²) in [5.74, 6) is 0.747. The summed E-state index contributed by atoms with van der Waals surface area (Å²) in [6.07, 6.45) is 3.13. The molecule has 1 saturated heterocycles. The second-order valence-electron chi connectivity index (χ2n) is 7.57. The van der Waals surface area contributed by atoms with Crippen molar-refractivity contribution in [3.63, 3.8) is 0 Å². The maximum Gasteiger partial charge on any atom is 0.243 e. The molecule has 9 heteroatoms. The first-order valence-electron chi connectivity index (χ1n) is 9.98. The molecule has 1 fully saturated rings. The Hall–Kier alpha value is -2.10. The molecular weight excluding hydrogens is 393 g/mol. The molecule has 4 rings (SSSR count). The maximum absolute atomic E-state index is 14.1. The fraction of sp³-hybridized carbons (Fsp3) is 0.500. The number of benzene rings is 1. The average Bonchev–Trinajstić information content (AvgIpc) is 2.74. The number of nitrogens with zero attached hydrogens (tertiary/aromatic N) is 3. The molecule has 3 heterocycles. The smallest absolute Gasteiger partial charge is 0.243 e. The van der Waals surface area contributed by atoms with Gasteiger partial charge in [-0.1, -0.05) is 12.5 Å². The molecule has 29 heavy (non-hydrogen) atoms. The van der Waals surface area contributed by atoms with Gasteiger partial charge in [0.15, 0.2) is 0 Å². The van der Waals surface area contributed by atoms with E-state index in [9.17, 15) is 12.8 Å². The summed E-state index contributed by atoms with van der Waals surface area (Å²) in [4.78, 5) is 9.40. The Kier molecular flexibility index (Phi) is 5.54. The third-order valence-electron chi connectivity index (χ3n) is 5.69. The minimum Gasteiger partial charge on any atom is -0.373 e. The number of hydrogen-bond acceptors (Lipinski definition) is 6. The number of aromatic nitrogens is 2. The van der Waals surface area contributed by atoms with Crippen molar-refractivity contribution in [3.05, 3.63) is 46.7 Å². The van der Waals surface area contributed by atoms with E-state index in [1.54, 1.807) is 6.92 Å². The molecule has 0 aliphatic carbocycles. The van der Waals surface area contributed by atoms with Crippen LogP contribution in [0.2, 0.25) is 0 Å². The van der Waals surface area contributed by atoms with Crippen LogP contribution in [-0.2, 0) is 23.0 Å². The van der Waals surface area contributed by atoms with Crippen LogP contribution in [0.5, 0.6) is 0 Å². The molecule has 2 N–H and O–H groups in total. The van der Waals surface area contributed by atoms with Crippen LogP contribution in [0.25, 0.3) is 0 Å². The van der Waals surface area contributed by atoms with Crippen molar-refractivity contribution in [1.29, 1.82) is 0 Å². The van der Waals surface area contributed by atoms with Crippen LogP contribution < -0.4 is 10.6 Å². The zero-order valence-corrected chi connectivity index (χ0v) is 17.5. The van der Waals surface area contributed by atoms with Gasteiger partial charge in [-0.3, -0.25) is 0 Å². The van der Waals surface area contributed by atoms with Crippen LogP contribution in [-0.4, -0.2) is 42.8 Å². The van der Waals surface area contributed by atoms with Gasteiger partial charge in [0.05, 0.1) is 16.6 Å². The quantitative estimate of drug-likeness (QED) is 0.792. The lowest BCUT2D eigenvalue weighted by molar-refractivity contribution is 0.246. The number of halogens is 1. The van der Waals surface area contributed by atoms with E-state index < -0.39 is 21.9 Å². The van der Waals surface area contributed by atoms with Gasteiger partial charge >= 0.3 is 0 Å². The first-order chi connectivity index (χ1) is 13.9. The van der Waals surface area contributed by atoms with E-state index in [4.69, 9.17) is 4.98 Å². The van der Waals surface area contributed by atoms with Gasteiger partial charge in [-0.2, -0.15) is 4.31 Å². The SMILES string of the molecule is CNc1nc([C@H]2CCCCN2S(=O)(=O)c2ccc(C)c(F)c2)nc2c1CCNC2. The summed E-state index contributed by atoms with van der Waals surface area (Å²) in [7, 11) is -2.04. The molecule has 156 valence electrons.